The van der Waals surface area contributed by atoms with Gasteiger partial charge in [-0.1, -0.05) is 24.3 Å². The minimum absolute atomic E-state index is 0.161. The van der Waals surface area contributed by atoms with Gasteiger partial charge >= 0.3 is 0 Å². The monoisotopic (exact) mass is 421 g/mol. The number of para-hydroxylation sites is 1. The smallest absolute Gasteiger partial charge is 0.248 e. The molecule has 2 aromatic carbocycles. The largest absolute Gasteiger partial charge is 0.487 e. The molecule has 0 saturated carbocycles. The van der Waals surface area contributed by atoms with Gasteiger partial charge in [0.1, 0.15) is 12.4 Å². The third-order valence-electron chi connectivity index (χ3n) is 4.19. The predicted octanol–water partition coefficient (Wildman–Crippen LogP) is 4.95. The zero-order chi connectivity index (χ0) is 21.5. The first-order chi connectivity index (χ1) is 14.4. The van der Waals surface area contributed by atoms with Crippen molar-refractivity contribution in [2.75, 3.05) is 10.6 Å². The number of carbonyl (C=O) groups is 2. The van der Waals surface area contributed by atoms with Gasteiger partial charge in [-0.3, -0.25) is 9.59 Å². The highest BCUT2D eigenvalue weighted by Crippen LogP contribution is 2.22. The molecule has 154 valence electrons. The molecule has 1 aromatic heterocycles. The molecular formula is C23H23N3O3S. The van der Waals surface area contributed by atoms with E-state index in [1.54, 1.807) is 29.5 Å². The fourth-order valence-corrected chi connectivity index (χ4v) is 3.35. The Morgan fingerprint density at radius 1 is 1.13 bits per heavy atom. The molecule has 0 radical (unpaired) electrons. The zero-order valence-electron chi connectivity index (χ0n) is 17.1. The van der Waals surface area contributed by atoms with Crippen molar-refractivity contribution in [3.8, 4) is 5.75 Å². The minimum Gasteiger partial charge on any atom is -0.487 e. The van der Waals surface area contributed by atoms with Gasteiger partial charge in [0.2, 0.25) is 11.8 Å². The van der Waals surface area contributed by atoms with E-state index in [1.807, 2.05) is 49.6 Å². The summed E-state index contributed by atoms with van der Waals surface area (Å²) in [6.45, 7) is 5.66. The van der Waals surface area contributed by atoms with Crippen LogP contribution in [-0.2, 0) is 16.2 Å². The van der Waals surface area contributed by atoms with Crippen LogP contribution in [-0.4, -0.2) is 16.8 Å². The van der Waals surface area contributed by atoms with Crippen LogP contribution >= 0.6 is 11.3 Å². The quantitative estimate of drug-likeness (QED) is 0.529. The second-order valence-electron chi connectivity index (χ2n) is 6.72. The molecule has 0 aliphatic carbocycles. The molecule has 0 atom stereocenters. The average Bonchev–Trinajstić information content (AvgIpc) is 3.13. The Morgan fingerprint density at radius 3 is 2.67 bits per heavy atom. The number of nitrogens with one attached hydrogen (secondary N) is 2. The molecule has 0 unspecified atom stereocenters. The number of carbonyl (C=O) groups excluding carboxylic acids is 2. The molecule has 0 saturated heterocycles. The minimum atomic E-state index is -0.280. The molecule has 2 amide bonds. The first-order valence-corrected chi connectivity index (χ1v) is 10.3. The second kappa shape index (κ2) is 9.84. The highest BCUT2D eigenvalue weighted by Gasteiger charge is 2.06. The number of amides is 2. The number of rotatable bonds is 7. The van der Waals surface area contributed by atoms with Crippen molar-refractivity contribution < 1.29 is 14.3 Å². The first kappa shape index (κ1) is 21.3. The summed E-state index contributed by atoms with van der Waals surface area (Å²) < 4.78 is 5.87. The van der Waals surface area contributed by atoms with Crippen molar-refractivity contribution in [2.24, 2.45) is 0 Å². The van der Waals surface area contributed by atoms with E-state index < -0.39 is 0 Å². The van der Waals surface area contributed by atoms with Gasteiger partial charge in [0.25, 0.3) is 0 Å². The Balaban J connectivity index is 1.66. The van der Waals surface area contributed by atoms with Crippen molar-refractivity contribution in [2.45, 2.75) is 27.4 Å². The molecule has 3 rings (SSSR count). The van der Waals surface area contributed by atoms with E-state index in [1.165, 1.54) is 13.0 Å². The summed E-state index contributed by atoms with van der Waals surface area (Å²) in [6, 6.07) is 12.9. The Bertz CT molecular complexity index is 1090. The molecule has 6 nitrogen and oxygen atoms in total. The summed E-state index contributed by atoms with van der Waals surface area (Å²) in [7, 11) is 0. The van der Waals surface area contributed by atoms with Crippen LogP contribution in [0.1, 0.15) is 28.8 Å². The van der Waals surface area contributed by atoms with E-state index in [2.05, 4.69) is 15.6 Å². The molecule has 7 heteroatoms. The Labute approximate surface area is 179 Å². The van der Waals surface area contributed by atoms with Gasteiger partial charge in [0.05, 0.1) is 10.7 Å². The summed E-state index contributed by atoms with van der Waals surface area (Å²) in [5.74, 6) is 0.235. The molecule has 1 heterocycles. The number of hydrogen-bond donors (Lipinski definition) is 2. The third kappa shape index (κ3) is 6.02. The SMILES string of the molecule is CC(=O)Nc1cc(NC(=O)/C=C/c2ccccc2OCc2csc(C)n2)ccc1C. The summed E-state index contributed by atoms with van der Waals surface area (Å²) in [5.41, 5.74) is 3.86. The summed E-state index contributed by atoms with van der Waals surface area (Å²) in [4.78, 5) is 28.1. The van der Waals surface area contributed by atoms with E-state index in [9.17, 15) is 9.59 Å². The predicted molar refractivity (Wildman–Crippen MR) is 121 cm³/mol. The Kier molecular flexibility index (Phi) is 6.98. The second-order valence-corrected chi connectivity index (χ2v) is 7.78. The standard InChI is InChI=1S/C23H23N3O3S/c1-15-8-10-19(12-21(15)24-16(2)27)26-23(28)11-9-18-6-4-5-7-22(18)29-13-20-14-30-17(3)25-20/h4-12,14H,13H2,1-3H3,(H,24,27)(H,26,28)/b11-9+. The van der Waals surface area contributed by atoms with Gasteiger partial charge in [-0.2, -0.15) is 0 Å². The van der Waals surface area contributed by atoms with Crippen LogP contribution in [0.4, 0.5) is 11.4 Å². The number of anilines is 2. The third-order valence-corrected chi connectivity index (χ3v) is 5.01. The van der Waals surface area contributed by atoms with Gasteiger partial charge in [0.15, 0.2) is 0 Å². The topological polar surface area (TPSA) is 80.3 Å². The molecule has 0 fully saturated rings. The lowest BCUT2D eigenvalue weighted by molar-refractivity contribution is -0.114. The lowest BCUT2D eigenvalue weighted by atomic mass is 10.1. The van der Waals surface area contributed by atoms with Crippen molar-refractivity contribution in [3.05, 3.63) is 75.7 Å². The van der Waals surface area contributed by atoms with Crippen LogP contribution in [0.5, 0.6) is 5.75 Å². The first-order valence-electron chi connectivity index (χ1n) is 9.41. The lowest BCUT2D eigenvalue weighted by Gasteiger charge is -2.10. The van der Waals surface area contributed by atoms with Crippen LogP contribution in [0.25, 0.3) is 6.08 Å². The maximum absolute atomic E-state index is 12.4. The van der Waals surface area contributed by atoms with E-state index in [-0.39, 0.29) is 11.8 Å². The van der Waals surface area contributed by atoms with E-state index in [0.29, 0.717) is 23.7 Å². The molecule has 3 aromatic rings. The van der Waals surface area contributed by atoms with Gasteiger partial charge in [0, 0.05) is 35.3 Å². The van der Waals surface area contributed by atoms with Crippen molar-refractivity contribution in [1.29, 1.82) is 0 Å². The normalized spacial score (nSPS) is 10.8. The van der Waals surface area contributed by atoms with Gasteiger partial charge in [-0.05, 0) is 43.7 Å². The highest BCUT2D eigenvalue weighted by molar-refractivity contribution is 7.09. The molecule has 2 N–H and O–H groups in total. The van der Waals surface area contributed by atoms with E-state index in [4.69, 9.17) is 4.74 Å². The number of aromatic nitrogens is 1. The summed E-state index contributed by atoms with van der Waals surface area (Å²) in [5, 5.41) is 8.53. The van der Waals surface area contributed by atoms with Gasteiger partial charge in [-0.25, -0.2) is 4.98 Å². The number of benzene rings is 2. The van der Waals surface area contributed by atoms with Crippen molar-refractivity contribution in [1.82, 2.24) is 4.98 Å². The Morgan fingerprint density at radius 2 is 1.93 bits per heavy atom. The van der Waals surface area contributed by atoms with Gasteiger partial charge in [-0.15, -0.1) is 11.3 Å². The van der Waals surface area contributed by atoms with E-state index in [0.717, 1.165) is 21.8 Å². The number of aryl methyl sites for hydroxylation is 2. The molecule has 0 spiro atoms. The number of ether oxygens (including phenoxy) is 1. The van der Waals surface area contributed by atoms with E-state index >= 15 is 0 Å². The zero-order valence-corrected chi connectivity index (χ0v) is 17.9. The number of thiazole rings is 1. The van der Waals surface area contributed by atoms with Gasteiger partial charge < -0.3 is 15.4 Å². The van der Waals surface area contributed by atoms with Crippen LogP contribution < -0.4 is 15.4 Å². The molecular weight excluding hydrogens is 398 g/mol. The Hall–Kier alpha value is -3.45. The van der Waals surface area contributed by atoms with Crippen LogP contribution in [0.15, 0.2) is 53.9 Å². The van der Waals surface area contributed by atoms with Crippen molar-refractivity contribution >= 4 is 40.6 Å². The fraction of sp³-hybridized carbons (Fsp3) is 0.174. The number of nitrogens with zero attached hydrogens (tertiary/aromatic N) is 1. The van der Waals surface area contributed by atoms with Crippen LogP contribution in [0, 0.1) is 13.8 Å². The molecule has 0 aliphatic heterocycles. The maximum atomic E-state index is 12.4. The average molecular weight is 422 g/mol. The maximum Gasteiger partial charge on any atom is 0.248 e. The van der Waals surface area contributed by atoms with Crippen LogP contribution in [0.3, 0.4) is 0 Å². The summed E-state index contributed by atoms with van der Waals surface area (Å²) in [6.07, 6.45) is 3.16. The lowest BCUT2D eigenvalue weighted by Crippen LogP contribution is -2.10. The molecule has 0 aliphatic rings. The summed E-state index contributed by atoms with van der Waals surface area (Å²) >= 11 is 1.58. The fourth-order valence-electron chi connectivity index (χ4n) is 2.75. The van der Waals surface area contributed by atoms with Crippen molar-refractivity contribution in [3.63, 3.8) is 0 Å². The highest BCUT2D eigenvalue weighted by atomic mass is 32.1. The molecule has 30 heavy (non-hydrogen) atoms. The van der Waals surface area contributed by atoms with Crippen LogP contribution in [0.2, 0.25) is 0 Å². The number of hydrogen-bond acceptors (Lipinski definition) is 5. The molecule has 0 bridgehead atoms.